The maximum Gasteiger partial charge on any atom is 0.177 e. The van der Waals surface area contributed by atoms with Crippen LogP contribution in [-0.4, -0.2) is 10.9 Å². The second-order valence-corrected chi connectivity index (χ2v) is 3.97. The molecule has 0 radical (unpaired) electrons. The number of fused-ring (bicyclic) bond motifs is 1. The van der Waals surface area contributed by atoms with Crippen LogP contribution in [0.1, 0.15) is 29.9 Å². The van der Waals surface area contributed by atoms with Gasteiger partial charge in [0.25, 0.3) is 0 Å². The number of benzene rings is 1. The average Bonchev–Trinajstić information content (AvgIpc) is 2.59. The van der Waals surface area contributed by atoms with E-state index in [1.54, 1.807) is 6.07 Å². The number of nitrogens with zero attached hydrogens (tertiary/aromatic N) is 1. The van der Waals surface area contributed by atoms with E-state index < -0.39 is 0 Å². The standard InChI is InChI=1S/C12H13NO2/c1-7(2)11(14)10-6-4-5-9-8(3)13-15-12(9)10/h4-7H,1-3H3. The second kappa shape index (κ2) is 3.50. The van der Waals surface area contributed by atoms with E-state index in [1.165, 1.54) is 0 Å². The Morgan fingerprint density at radius 1 is 1.40 bits per heavy atom. The van der Waals surface area contributed by atoms with Crippen LogP contribution < -0.4 is 0 Å². The molecular formula is C12H13NO2. The number of rotatable bonds is 2. The van der Waals surface area contributed by atoms with E-state index in [0.717, 1.165) is 11.1 Å². The fourth-order valence-electron chi connectivity index (χ4n) is 1.59. The molecule has 0 atom stereocenters. The van der Waals surface area contributed by atoms with Crippen molar-refractivity contribution in [2.24, 2.45) is 5.92 Å². The third kappa shape index (κ3) is 1.54. The first-order valence-electron chi connectivity index (χ1n) is 5.00. The lowest BCUT2D eigenvalue weighted by atomic mass is 9.99. The summed E-state index contributed by atoms with van der Waals surface area (Å²) < 4.78 is 5.18. The zero-order valence-electron chi connectivity index (χ0n) is 9.07. The minimum absolute atomic E-state index is 0.0268. The molecule has 0 spiro atoms. The molecule has 0 fully saturated rings. The van der Waals surface area contributed by atoms with Crippen molar-refractivity contribution in [2.45, 2.75) is 20.8 Å². The molecule has 0 aliphatic rings. The number of carbonyl (C=O) groups excluding carboxylic acids is 1. The first-order valence-corrected chi connectivity index (χ1v) is 5.00. The zero-order valence-corrected chi connectivity index (χ0v) is 9.07. The number of hydrogen-bond donors (Lipinski definition) is 0. The van der Waals surface area contributed by atoms with Gasteiger partial charge in [-0.3, -0.25) is 4.79 Å². The minimum Gasteiger partial charge on any atom is -0.355 e. The lowest BCUT2D eigenvalue weighted by Gasteiger charge is -2.03. The van der Waals surface area contributed by atoms with Crippen molar-refractivity contribution in [1.29, 1.82) is 0 Å². The Labute approximate surface area is 88.1 Å². The fraction of sp³-hybridized carbons (Fsp3) is 0.333. The van der Waals surface area contributed by atoms with Gasteiger partial charge < -0.3 is 4.52 Å². The largest absolute Gasteiger partial charge is 0.355 e. The van der Waals surface area contributed by atoms with Crippen molar-refractivity contribution in [1.82, 2.24) is 5.16 Å². The van der Waals surface area contributed by atoms with Gasteiger partial charge in [-0.05, 0) is 19.1 Å². The summed E-state index contributed by atoms with van der Waals surface area (Å²) in [7, 11) is 0. The van der Waals surface area contributed by atoms with E-state index in [9.17, 15) is 4.79 Å². The SMILES string of the molecule is Cc1noc2c(C(=O)C(C)C)cccc12. The highest BCUT2D eigenvalue weighted by Gasteiger charge is 2.17. The number of ketones is 1. The number of Topliss-reactive ketones (excluding diaryl/α,β-unsaturated/α-hetero) is 1. The zero-order chi connectivity index (χ0) is 11.0. The molecule has 78 valence electrons. The molecule has 0 aliphatic heterocycles. The van der Waals surface area contributed by atoms with Crippen LogP contribution in [0.5, 0.6) is 0 Å². The highest BCUT2D eigenvalue weighted by molar-refractivity contribution is 6.07. The average molecular weight is 203 g/mol. The Kier molecular flexibility index (Phi) is 2.31. The van der Waals surface area contributed by atoms with Crippen LogP contribution in [0.15, 0.2) is 22.7 Å². The highest BCUT2D eigenvalue weighted by Crippen LogP contribution is 2.23. The lowest BCUT2D eigenvalue weighted by molar-refractivity contribution is 0.0939. The van der Waals surface area contributed by atoms with Gasteiger partial charge in [0.15, 0.2) is 11.4 Å². The van der Waals surface area contributed by atoms with Gasteiger partial charge in [-0.15, -0.1) is 0 Å². The van der Waals surface area contributed by atoms with Gasteiger partial charge in [-0.2, -0.15) is 0 Å². The first kappa shape index (κ1) is 9.90. The van der Waals surface area contributed by atoms with Gasteiger partial charge in [0.05, 0.1) is 11.3 Å². The number of hydrogen-bond acceptors (Lipinski definition) is 3. The summed E-state index contributed by atoms with van der Waals surface area (Å²) in [4.78, 5) is 11.9. The topological polar surface area (TPSA) is 43.1 Å². The molecule has 2 aromatic rings. The summed E-state index contributed by atoms with van der Waals surface area (Å²) >= 11 is 0. The quantitative estimate of drug-likeness (QED) is 0.705. The minimum atomic E-state index is -0.0268. The Morgan fingerprint density at radius 3 is 2.80 bits per heavy atom. The van der Waals surface area contributed by atoms with Crippen molar-refractivity contribution < 1.29 is 9.32 Å². The number of aryl methyl sites for hydroxylation is 1. The summed E-state index contributed by atoms with van der Waals surface area (Å²) in [6.07, 6.45) is 0. The van der Waals surface area contributed by atoms with Crippen LogP contribution in [-0.2, 0) is 0 Å². The van der Waals surface area contributed by atoms with Gasteiger partial charge in [0.1, 0.15) is 0 Å². The van der Waals surface area contributed by atoms with Crippen molar-refractivity contribution in [3.8, 4) is 0 Å². The number of carbonyl (C=O) groups is 1. The Balaban J connectivity index is 2.66. The van der Waals surface area contributed by atoms with Gasteiger partial charge in [-0.25, -0.2) is 0 Å². The molecule has 0 unspecified atom stereocenters. The van der Waals surface area contributed by atoms with Gasteiger partial charge >= 0.3 is 0 Å². The van der Waals surface area contributed by atoms with Gasteiger partial charge in [0.2, 0.25) is 0 Å². The molecule has 0 amide bonds. The predicted octanol–water partition coefficient (Wildman–Crippen LogP) is 2.97. The van der Waals surface area contributed by atoms with Crippen molar-refractivity contribution in [2.75, 3.05) is 0 Å². The maximum absolute atomic E-state index is 11.9. The molecule has 0 aliphatic carbocycles. The monoisotopic (exact) mass is 203 g/mol. The molecule has 1 aromatic heterocycles. The van der Waals surface area contributed by atoms with Crippen LogP contribution in [0.3, 0.4) is 0 Å². The Bertz CT molecular complexity index is 511. The molecular weight excluding hydrogens is 190 g/mol. The number of para-hydroxylation sites is 1. The molecule has 1 heterocycles. The molecule has 2 rings (SSSR count). The van der Waals surface area contributed by atoms with Crippen LogP contribution in [0.25, 0.3) is 11.0 Å². The van der Waals surface area contributed by atoms with Crippen LogP contribution in [0.2, 0.25) is 0 Å². The van der Waals surface area contributed by atoms with Crippen LogP contribution in [0.4, 0.5) is 0 Å². The summed E-state index contributed by atoms with van der Waals surface area (Å²) in [5.74, 6) is 0.0674. The van der Waals surface area contributed by atoms with Crippen molar-refractivity contribution in [3.63, 3.8) is 0 Å². The molecule has 3 nitrogen and oxygen atoms in total. The van der Waals surface area contributed by atoms with Gasteiger partial charge in [-0.1, -0.05) is 25.1 Å². The van der Waals surface area contributed by atoms with E-state index >= 15 is 0 Å². The van der Waals surface area contributed by atoms with Gasteiger partial charge in [0, 0.05) is 11.3 Å². The molecule has 0 saturated heterocycles. The maximum atomic E-state index is 11.9. The normalized spacial score (nSPS) is 11.2. The van der Waals surface area contributed by atoms with E-state index in [0.29, 0.717) is 11.1 Å². The van der Waals surface area contributed by atoms with Crippen molar-refractivity contribution in [3.05, 3.63) is 29.5 Å². The van der Waals surface area contributed by atoms with E-state index in [-0.39, 0.29) is 11.7 Å². The summed E-state index contributed by atoms with van der Waals surface area (Å²) in [6, 6.07) is 5.57. The van der Waals surface area contributed by atoms with E-state index in [2.05, 4.69) is 5.16 Å². The van der Waals surface area contributed by atoms with Crippen molar-refractivity contribution >= 4 is 16.8 Å². The van der Waals surface area contributed by atoms with Crippen LogP contribution in [0, 0.1) is 12.8 Å². The fourth-order valence-corrected chi connectivity index (χ4v) is 1.59. The first-order chi connectivity index (χ1) is 7.11. The van der Waals surface area contributed by atoms with E-state index in [4.69, 9.17) is 4.52 Å². The number of aromatic nitrogens is 1. The molecule has 1 aromatic carbocycles. The highest BCUT2D eigenvalue weighted by atomic mass is 16.5. The predicted molar refractivity (Wildman–Crippen MR) is 57.9 cm³/mol. The molecule has 0 saturated carbocycles. The molecule has 0 N–H and O–H groups in total. The van der Waals surface area contributed by atoms with E-state index in [1.807, 2.05) is 32.9 Å². The summed E-state index contributed by atoms with van der Waals surface area (Å²) in [5.41, 5.74) is 2.06. The Morgan fingerprint density at radius 2 is 2.13 bits per heavy atom. The third-order valence-corrected chi connectivity index (χ3v) is 2.47. The molecule has 0 bridgehead atoms. The molecule has 3 heteroatoms. The van der Waals surface area contributed by atoms with Crippen LogP contribution >= 0.6 is 0 Å². The second-order valence-electron chi connectivity index (χ2n) is 3.97. The smallest absolute Gasteiger partial charge is 0.177 e. The molecule has 15 heavy (non-hydrogen) atoms. The third-order valence-electron chi connectivity index (χ3n) is 2.47. The Hall–Kier alpha value is -1.64. The summed E-state index contributed by atoms with van der Waals surface area (Å²) in [5, 5.41) is 4.79. The lowest BCUT2D eigenvalue weighted by Crippen LogP contribution is -2.07. The summed E-state index contributed by atoms with van der Waals surface area (Å²) in [6.45, 7) is 5.63.